The minimum absolute atomic E-state index is 0.0171. The van der Waals surface area contributed by atoms with E-state index in [2.05, 4.69) is 10.1 Å². The second kappa shape index (κ2) is 7.31. The summed E-state index contributed by atoms with van der Waals surface area (Å²) in [5, 5.41) is 4.37. The fourth-order valence-corrected chi connectivity index (χ4v) is 2.87. The fraction of sp³-hybridized carbons (Fsp3) is 0.400. The number of nitrogens with two attached hydrogens (primary N) is 1. The minimum Gasteiger partial charge on any atom is -0.321 e. The SMILES string of the molecule is CC(C)(C)[C@@H](N)c1nc(C2=C(F)CCC(F)=C2)nn1Cc1cccc(F)c1. The van der Waals surface area contributed by atoms with E-state index in [1.165, 1.54) is 12.1 Å². The highest BCUT2D eigenvalue weighted by molar-refractivity contribution is 5.72. The van der Waals surface area contributed by atoms with Crippen molar-refractivity contribution < 1.29 is 13.2 Å². The summed E-state index contributed by atoms with van der Waals surface area (Å²) < 4.78 is 43.0. The van der Waals surface area contributed by atoms with Crippen molar-refractivity contribution >= 4 is 5.57 Å². The molecule has 2 N–H and O–H groups in total. The van der Waals surface area contributed by atoms with Crippen molar-refractivity contribution in [2.45, 2.75) is 46.2 Å². The number of hydrogen-bond acceptors (Lipinski definition) is 3. The summed E-state index contributed by atoms with van der Waals surface area (Å²) in [5.41, 5.74) is 6.75. The summed E-state index contributed by atoms with van der Waals surface area (Å²) in [6.07, 6.45) is 1.15. The second-order valence-electron chi connectivity index (χ2n) is 7.83. The van der Waals surface area contributed by atoms with Crippen LogP contribution in [0.2, 0.25) is 0 Å². The Labute approximate surface area is 156 Å². The maximum absolute atomic E-state index is 14.3. The van der Waals surface area contributed by atoms with Gasteiger partial charge >= 0.3 is 0 Å². The van der Waals surface area contributed by atoms with Crippen molar-refractivity contribution in [3.63, 3.8) is 0 Å². The van der Waals surface area contributed by atoms with Crippen LogP contribution in [0.3, 0.4) is 0 Å². The molecule has 2 aromatic rings. The van der Waals surface area contributed by atoms with Crippen molar-refractivity contribution in [3.05, 3.63) is 65.0 Å². The van der Waals surface area contributed by atoms with Gasteiger partial charge in [-0.2, -0.15) is 5.10 Å². The maximum atomic E-state index is 14.3. The van der Waals surface area contributed by atoms with Gasteiger partial charge in [0.2, 0.25) is 0 Å². The summed E-state index contributed by atoms with van der Waals surface area (Å²) >= 11 is 0. The van der Waals surface area contributed by atoms with Gasteiger partial charge in [-0.1, -0.05) is 32.9 Å². The normalized spacial score (nSPS) is 16.5. The fourth-order valence-electron chi connectivity index (χ4n) is 2.87. The monoisotopic (exact) mass is 376 g/mol. The maximum Gasteiger partial charge on any atom is 0.184 e. The third-order valence-electron chi connectivity index (χ3n) is 4.55. The first-order chi connectivity index (χ1) is 12.6. The number of benzene rings is 1. The van der Waals surface area contributed by atoms with Crippen LogP contribution in [-0.2, 0) is 6.54 Å². The Kier molecular flexibility index (Phi) is 5.24. The molecule has 7 heteroatoms. The van der Waals surface area contributed by atoms with E-state index < -0.39 is 17.7 Å². The second-order valence-corrected chi connectivity index (χ2v) is 7.83. The third kappa shape index (κ3) is 4.30. The molecule has 0 unspecified atom stereocenters. The van der Waals surface area contributed by atoms with Crippen LogP contribution >= 0.6 is 0 Å². The Bertz CT molecular complexity index is 906. The molecule has 1 aromatic heterocycles. The minimum atomic E-state index is -0.492. The number of halogens is 3. The lowest BCUT2D eigenvalue weighted by atomic mass is 9.87. The molecule has 0 bridgehead atoms. The smallest absolute Gasteiger partial charge is 0.184 e. The van der Waals surface area contributed by atoms with Crippen molar-refractivity contribution in [1.29, 1.82) is 0 Å². The van der Waals surface area contributed by atoms with Gasteiger partial charge in [-0.05, 0) is 29.2 Å². The number of rotatable bonds is 4. The van der Waals surface area contributed by atoms with Crippen LogP contribution in [0.25, 0.3) is 5.57 Å². The van der Waals surface area contributed by atoms with E-state index in [1.54, 1.807) is 16.8 Å². The average molecular weight is 376 g/mol. The van der Waals surface area contributed by atoms with Gasteiger partial charge in [-0.15, -0.1) is 0 Å². The molecule has 1 aliphatic rings. The van der Waals surface area contributed by atoms with Crippen LogP contribution in [-0.4, -0.2) is 14.8 Å². The zero-order chi connectivity index (χ0) is 19.8. The molecular weight excluding hydrogens is 353 g/mol. The Morgan fingerprint density at radius 1 is 1.19 bits per heavy atom. The zero-order valence-corrected chi connectivity index (χ0v) is 15.6. The molecule has 0 spiro atoms. The highest BCUT2D eigenvalue weighted by Gasteiger charge is 2.29. The summed E-state index contributed by atoms with van der Waals surface area (Å²) in [7, 11) is 0. The van der Waals surface area contributed by atoms with E-state index >= 15 is 0 Å². The van der Waals surface area contributed by atoms with Gasteiger partial charge < -0.3 is 5.73 Å². The summed E-state index contributed by atoms with van der Waals surface area (Å²) in [6.45, 7) is 6.10. The Balaban J connectivity index is 2.06. The van der Waals surface area contributed by atoms with Gasteiger partial charge in [0.15, 0.2) is 5.82 Å². The number of aromatic nitrogens is 3. The molecule has 0 saturated carbocycles. The van der Waals surface area contributed by atoms with Gasteiger partial charge in [0, 0.05) is 12.8 Å². The molecule has 27 heavy (non-hydrogen) atoms. The van der Waals surface area contributed by atoms with Crippen molar-refractivity contribution in [3.8, 4) is 0 Å². The highest BCUT2D eigenvalue weighted by Crippen LogP contribution is 2.34. The van der Waals surface area contributed by atoms with Crippen LogP contribution in [0.15, 0.2) is 42.0 Å². The number of allylic oxidation sites excluding steroid dienone is 4. The molecule has 1 aliphatic carbocycles. The van der Waals surface area contributed by atoms with Crippen LogP contribution in [0.1, 0.15) is 56.9 Å². The van der Waals surface area contributed by atoms with Crippen LogP contribution in [0, 0.1) is 11.2 Å². The summed E-state index contributed by atoms with van der Waals surface area (Å²) in [4.78, 5) is 4.43. The van der Waals surface area contributed by atoms with E-state index in [0.29, 0.717) is 11.4 Å². The average Bonchev–Trinajstić information content (AvgIpc) is 2.99. The van der Waals surface area contributed by atoms with Crippen molar-refractivity contribution in [2.75, 3.05) is 0 Å². The van der Waals surface area contributed by atoms with E-state index in [4.69, 9.17) is 5.73 Å². The van der Waals surface area contributed by atoms with E-state index in [1.807, 2.05) is 20.8 Å². The number of hydrogen-bond donors (Lipinski definition) is 1. The molecule has 1 atom stereocenters. The molecule has 0 radical (unpaired) electrons. The van der Waals surface area contributed by atoms with Crippen LogP contribution < -0.4 is 5.73 Å². The molecule has 1 aromatic carbocycles. The van der Waals surface area contributed by atoms with Crippen LogP contribution in [0.4, 0.5) is 13.2 Å². The first-order valence-corrected chi connectivity index (χ1v) is 8.85. The third-order valence-corrected chi connectivity index (χ3v) is 4.55. The quantitative estimate of drug-likeness (QED) is 0.831. The first-order valence-electron chi connectivity index (χ1n) is 8.85. The van der Waals surface area contributed by atoms with Gasteiger partial charge in [0.1, 0.15) is 23.3 Å². The Hall–Kier alpha value is -2.41. The summed E-state index contributed by atoms with van der Waals surface area (Å²) in [5.74, 6) is -0.680. The van der Waals surface area contributed by atoms with Gasteiger partial charge in [-0.25, -0.2) is 22.8 Å². The molecule has 3 rings (SSSR count). The van der Waals surface area contributed by atoms with Gasteiger partial charge in [0.25, 0.3) is 0 Å². The van der Waals surface area contributed by atoms with Crippen LogP contribution in [0.5, 0.6) is 0 Å². The Morgan fingerprint density at radius 3 is 2.59 bits per heavy atom. The molecular formula is C20H23F3N4. The molecule has 144 valence electrons. The van der Waals surface area contributed by atoms with E-state index in [-0.39, 0.29) is 42.0 Å². The van der Waals surface area contributed by atoms with Crippen molar-refractivity contribution in [2.24, 2.45) is 11.1 Å². The largest absolute Gasteiger partial charge is 0.321 e. The van der Waals surface area contributed by atoms with E-state index in [0.717, 1.165) is 6.08 Å². The molecule has 4 nitrogen and oxygen atoms in total. The van der Waals surface area contributed by atoms with Crippen molar-refractivity contribution in [1.82, 2.24) is 14.8 Å². The highest BCUT2D eigenvalue weighted by atomic mass is 19.1. The van der Waals surface area contributed by atoms with Gasteiger partial charge in [0.05, 0.1) is 18.2 Å². The predicted molar refractivity (Wildman–Crippen MR) is 98.4 cm³/mol. The number of nitrogens with zero attached hydrogens (tertiary/aromatic N) is 3. The van der Waals surface area contributed by atoms with E-state index in [9.17, 15) is 13.2 Å². The molecule has 0 fully saturated rings. The lowest BCUT2D eigenvalue weighted by Crippen LogP contribution is -2.29. The standard InChI is InChI=1S/C20H23F3N4/c1-20(2,3)17(24)19-25-18(15-10-14(22)7-8-16(15)23)26-27(19)11-12-5-4-6-13(21)9-12/h4-6,9-10,17H,7-8,11,24H2,1-3H3/t17-/m0/s1. The Morgan fingerprint density at radius 2 is 1.93 bits per heavy atom. The molecule has 0 saturated heterocycles. The summed E-state index contributed by atoms with van der Waals surface area (Å²) in [6, 6.07) is 5.62. The lowest BCUT2D eigenvalue weighted by molar-refractivity contribution is 0.306. The lowest BCUT2D eigenvalue weighted by Gasteiger charge is -2.26. The molecule has 0 aliphatic heterocycles. The zero-order valence-electron chi connectivity index (χ0n) is 15.6. The molecule has 0 amide bonds. The topological polar surface area (TPSA) is 56.7 Å². The van der Waals surface area contributed by atoms with Gasteiger partial charge in [-0.3, -0.25) is 0 Å². The molecule has 1 heterocycles. The first kappa shape index (κ1) is 19.4. The predicted octanol–water partition coefficient (Wildman–Crippen LogP) is 4.84.